The van der Waals surface area contributed by atoms with Crippen LogP contribution >= 0.6 is 0 Å². The predicted molar refractivity (Wildman–Crippen MR) is 70.8 cm³/mol. The van der Waals surface area contributed by atoms with E-state index >= 15 is 0 Å². The Morgan fingerprint density at radius 2 is 2.06 bits per heavy atom. The highest BCUT2D eigenvalue weighted by molar-refractivity contribution is 5.95. The maximum Gasteiger partial charge on any atom is 0.254 e. The number of aromatic hydroxyl groups is 1. The molecule has 1 aromatic rings. The molecule has 4 nitrogen and oxygen atoms in total. The highest BCUT2D eigenvalue weighted by Gasteiger charge is 2.23. The second-order valence-electron chi connectivity index (χ2n) is 4.85. The van der Waals surface area contributed by atoms with Gasteiger partial charge >= 0.3 is 0 Å². The molecule has 18 heavy (non-hydrogen) atoms. The third kappa shape index (κ3) is 2.64. The van der Waals surface area contributed by atoms with Crippen molar-refractivity contribution in [3.8, 4) is 5.75 Å². The Balaban J connectivity index is 2.08. The summed E-state index contributed by atoms with van der Waals surface area (Å²) in [6, 6.07) is 5.43. The Bertz CT molecular complexity index is 437. The molecular formula is C14H20N2O2. The lowest BCUT2D eigenvalue weighted by Gasteiger charge is -2.32. The van der Waals surface area contributed by atoms with Crippen molar-refractivity contribution < 1.29 is 9.90 Å². The number of carbonyl (C=O) groups excluding carboxylic acids is 1. The number of phenolic OH excluding ortho intramolecular Hbond substituents is 1. The van der Waals surface area contributed by atoms with Crippen LogP contribution < -0.4 is 5.32 Å². The van der Waals surface area contributed by atoms with E-state index < -0.39 is 0 Å². The number of nitrogens with zero attached hydrogens (tertiary/aromatic N) is 1. The number of phenols is 1. The summed E-state index contributed by atoms with van der Waals surface area (Å²) in [5.41, 5.74) is 1.52. The molecular weight excluding hydrogens is 228 g/mol. The molecule has 1 aromatic carbocycles. The summed E-state index contributed by atoms with van der Waals surface area (Å²) in [4.78, 5) is 14.2. The Labute approximate surface area is 108 Å². The van der Waals surface area contributed by atoms with Gasteiger partial charge in [0.05, 0.1) is 0 Å². The fourth-order valence-corrected chi connectivity index (χ4v) is 2.43. The molecule has 98 valence electrons. The van der Waals surface area contributed by atoms with Gasteiger partial charge in [-0.3, -0.25) is 4.79 Å². The molecule has 0 spiro atoms. The summed E-state index contributed by atoms with van der Waals surface area (Å²) in [7, 11) is 1.96. The molecule has 2 N–H and O–H groups in total. The summed E-state index contributed by atoms with van der Waals surface area (Å²) >= 11 is 0. The monoisotopic (exact) mass is 248 g/mol. The number of rotatable bonds is 2. The molecule has 0 radical (unpaired) electrons. The van der Waals surface area contributed by atoms with Crippen molar-refractivity contribution in [2.24, 2.45) is 0 Å². The van der Waals surface area contributed by atoms with Gasteiger partial charge in [-0.2, -0.15) is 0 Å². The average molecular weight is 248 g/mol. The largest absolute Gasteiger partial charge is 0.508 e. The van der Waals surface area contributed by atoms with E-state index in [0.717, 1.165) is 31.5 Å². The number of amides is 1. The van der Waals surface area contributed by atoms with E-state index in [0.29, 0.717) is 11.6 Å². The second kappa shape index (κ2) is 5.40. The van der Waals surface area contributed by atoms with Crippen LogP contribution in [0.3, 0.4) is 0 Å². The molecule has 0 aromatic heterocycles. The van der Waals surface area contributed by atoms with E-state index in [1.54, 1.807) is 18.2 Å². The topological polar surface area (TPSA) is 52.6 Å². The number of hydrogen-bond acceptors (Lipinski definition) is 3. The molecule has 1 fully saturated rings. The lowest BCUT2D eigenvalue weighted by molar-refractivity contribution is 0.0706. The molecule has 1 heterocycles. The van der Waals surface area contributed by atoms with Crippen LogP contribution in [0.4, 0.5) is 0 Å². The smallest absolute Gasteiger partial charge is 0.254 e. The van der Waals surface area contributed by atoms with Crippen LogP contribution in [-0.2, 0) is 0 Å². The fourth-order valence-electron chi connectivity index (χ4n) is 2.43. The van der Waals surface area contributed by atoms with Crippen molar-refractivity contribution in [2.45, 2.75) is 25.8 Å². The first-order valence-electron chi connectivity index (χ1n) is 6.38. The Morgan fingerprint density at radius 1 is 1.39 bits per heavy atom. The van der Waals surface area contributed by atoms with Gasteiger partial charge < -0.3 is 15.3 Å². The van der Waals surface area contributed by atoms with Gasteiger partial charge in [0.15, 0.2) is 0 Å². The highest BCUT2D eigenvalue weighted by atomic mass is 16.3. The molecule has 0 aliphatic carbocycles. The quantitative estimate of drug-likeness (QED) is 0.834. The summed E-state index contributed by atoms with van der Waals surface area (Å²) < 4.78 is 0. The van der Waals surface area contributed by atoms with E-state index in [-0.39, 0.29) is 11.7 Å². The van der Waals surface area contributed by atoms with Crippen molar-refractivity contribution in [3.05, 3.63) is 29.3 Å². The molecule has 1 aliphatic heterocycles. The SMILES string of the molecule is CNC1CCN(C(=O)c2ccc(O)cc2C)CC1. The average Bonchev–Trinajstić information content (AvgIpc) is 2.38. The maximum absolute atomic E-state index is 12.4. The minimum Gasteiger partial charge on any atom is -0.508 e. The number of carbonyl (C=O) groups is 1. The summed E-state index contributed by atoms with van der Waals surface area (Å²) in [6.45, 7) is 3.45. The molecule has 0 unspecified atom stereocenters. The van der Waals surface area contributed by atoms with Gasteiger partial charge in [-0.15, -0.1) is 0 Å². The summed E-state index contributed by atoms with van der Waals surface area (Å²) in [5.74, 6) is 0.278. The minimum absolute atomic E-state index is 0.0713. The minimum atomic E-state index is 0.0713. The van der Waals surface area contributed by atoms with Crippen molar-refractivity contribution in [3.63, 3.8) is 0 Å². The van der Waals surface area contributed by atoms with Crippen LogP contribution in [0, 0.1) is 6.92 Å². The fraction of sp³-hybridized carbons (Fsp3) is 0.500. The summed E-state index contributed by atoms with van der Waals surface area (Å²) in [5, 5.41) is 12.6. The zero-order chi connectivity index (χ0) is 13.1. The Hall–Kier alpha value is -1.55. The van der Waals surface area contributed by atoms with Crippen molar-refractivity contribution in [2.75, 3.05) is 20.1 Å². The summed E-state index contributed by atoms with van der Waals surface area (Å²) in [6.07, 6.45) is 2.00. The molecule has 1 saturated heterocycles. The number of benzene rings is 1. The first-order valence-corrected chi connectivity index (χ1v) is 6.38. The molecule has 0 saturated carbocycles. The Kier molecular flexibility index (Phi) is 3.87. The van der Waals surface area contributed by atoms with Crippen molar-refractivity contribution in [1.82, 2.24) is 10.2 Å². The zero-order valence-corrected chi connectivity index (χ0v) is 10.9. The van der Waals surface area contributed by atoms with Crippen LogP contribution in [0.2, 0.25) is 0 Å². The molecule has 1 aliphatic rings. The maximum atomic E-state index is 12.4. The first-order chi connectivity index (χ1) is 8.61. The van der Waals surface area contributed by atoms with Crippen molar-refractivity contribution >= 4 is 5.91 Å². The van der Waals surface area contributed by atoms with Gasteiger partial charge in [0.1, 0.15) is 5.75 Å². The molecule has 0 bridgehead atoms. The first kappa shape index (κ1) is 12.9. The van der Waals surface area contributed by atoms with Crippen LogP contribution in [0.1, 0.15) is 28.8 Å². The van der Waals surface area contributed by atoms with Gasteiger partial charge in [-0.25, -0.2) is 0 Å². The van der Waals surface area contributed by atoms with Crippen LogP contribution in [0.15, 0.2) is 18.2 Å². The standard InChI is InChI=1S/C14H20N2O2/c1-10-9-12(17)3-4-13(10)14(18)16-7-5-11(15-2)6-8-16/h3-4,9,11,15,17H,5-8H2,1-2H3. The van der Waals surface area contributed by atoms with Gasteiger partial charge in [0.25, 0.3) is 5.91 Å². The van der Waals surface area contributed by atoms with Crippen molar-refractivity contribution in [1.29, 1.82) is 0 Å². The highest BCUT2D eigenvalue weighted by Crippen LogP contribution is 2.19. The van der Waals surface area contributed by atoms with Gasteiger partial charge in [0.2, 0.25) is 0 Å². The van der Waals surface area contributed by atoms with E-state index in [9.17, 15) is 9.90 Å². The van der Waals surface area contributed by atoms with E-state index in [2.05, 4.69) is 5.32 Å². The third-order valence-electron chi connectivity index (χ3n) is 3.63. The van der Waals surface area contributed by atoms with Crippen LogP contribution in [0.25, 0.3) is 0 Å². The molecule has 1 amide bonds. The number of hydrogen-bond donors (Lipinski definition) is 2. The number of piperidine rings is 1. The number of nitrogens with one attached hydrogen (secondary N) is 1. The van der Waals surface area contributed by atoms with E-state index in [1.807, 2.05) is 18.9 Å². The number of aryl methyl sites for hydroxylation is 1. The molecule has 4 heteroatoms. The molecule has 0 atom stereocenters. The zero-order valence-electron chi connectivity index (χ0n) is 10.9. The van der Waals surface area contributed by atoms with Gasteiger partial charge in [-0.05, 0) is 50.6 Å². The van der Waals surface area contributed by atoms with E-state index in [4.69, 9.17) is 0 Å². The van der Waals surface area contributed by atoms with E-state index in [1.165, 1.54) is 0 Å². The normalized spacial score (nSPS) is 16.9. The second-order valence-corrected chi connectivity index (χ2v) is 4.85. The lowest BCUT2D eigenvalue weighted by Crippen LogP contribution is -2.44. The predicted octanol–water partition coefficient (Wildman–Crippen LogP) is 1.52. The number of likely N-dealkylation sites (tertiary alicyclic amines) is 1. The third-order valence-corrected chi connectivity index (χ3v) is 3.63. The van der Waals surface area contributed by atoms with Gasteiger partial charge in [-0.1, -0.05) is 0 Å². The van der Waals surface area contributed by atoms with Crippen LogP contribution in [0.5, 0.6) is 5.75 Å². The lowest BCUT2D eigenvalue weighted by atomic mass is 10.0. The Morgan fingerprint density at radius 3 is 2.61 bits per heavy atom. The molecule has 2 rings (SSSR count). The van der Waals surface area contributed by atoms with Gasteiger partial charge in [0, 0.05) is 24.7 Å². The van der Waals surface area contributed by atoms with Crippen LogP contribution in [-0.4, -0.2) is 42.1 Å².